The van der Waals surface area contributed by atoms with Gasteiger partial charge in [0, 0.05) is 19.1 Å². The minimum atomic E-state index is -3.14. The lowest BCUT2D eigenvalue weighted by atomic mass is 10.1. The first-order chi connectivity index (χ1) is 10.4. The van der Waals surface area contributed by atoms with Gasteiger partial charge in [-0.15, -0.1) is 0 Å². The predicted molar refractivity (Wildman–Crippen MR) is 82.8 cm³/mol. The summed E-state index contributed by atoms with van der Waals surface area (Å²) in [6.45, 7) is 0.952. The average molecular weight is 346 g/mol. The molecule has 0 aromatic carbocycles. The number of imidazole rings is 1. The summed E-state index contributed by atoms with van der Waals surface area (Å²) in [7, 11) is -3.14. The van der Waals surface area contributed by atoms with Gasteiger partial charge in [-0.3, -0.25) is 0 Å². The van der Waals surface area contributed by atoms with Crippen LogP contribution in [0, 0.1) is 0 Å². The van der Waals surface area contributed by atoms with E-state index >= 15 is 0 Å². The standard InChI is InChI=1S/C11H16ClN7O2S/c1-22(20,21)18-4-2-7(3-5-18)19-6-14-8-9(17-13)15-11(12)16-10(8)19/h6-7H,2-5,13H2,1H3,(H,15,16,17). The molecule has 3 rings (SSSR count). The molecule has 0 atom stereocenters. The van der Waals surface area contributed by atoms with Crippen LogP contribution < -0.4 is 11.3 Å². The van der Waals surface area contributed by atoms with Crippen LogP contribution in [0.1, 0.15) is 18.9 Å². The number of nitrogens with two attached hydrogens (primary N) is 1. The SMILES string of the molecule is CS(=O)(=O)N1CCC(n2cnc3c(NN)nc(Cl)nc32)CC1. The lowest BCUT2D eigenvalue weighted by molar-refractivity contribution is 0.278. The molecule has 1 aliphatic rings. The van der Waals surface area contributed by atoms with E-state index < -0.39 is 10.0 Å². The summed E-state index contributed by atoms with van der Waals surface area (Å²) < 4.78 is 26.5. The van der Waals surface area contributed by atoms with Crippen LogP contribution in [0.4, 0.5) is 5.82 Å². The van der Waals surface area contributed by atoms with Crippen LogP contribution >= 0.6 is 11.6 Å². The van der Waals surface area contributed by atoms with E-state index in [1.54, 1.807) is 6.33 Å². The Morgan fingerprint density at radius 2 is 2.05 bits per heavy atom. The van der Waals surface area contributed by atoms with Crippen molar-refractivity contribution in [3.63, 3.8) is 0 Å². The van der Waals surface area contributed by atoms with Gasteiger partial charge in [0.2, 0.25) is 15.3 Å². The molecule has 2 aromatic heterocycles. The minimum absolute atomic E-state index is 0.0794. The number of rotatable bonds is 3. The number of hydrogen-bond acceptors (Lipinski definition) is 7. The molecule has 9 nitrogen and oxygen atoms in total. The van der Waals surface area contributed by atoms with E-state index in [4.69, 9.17) is 17.4 Å². The van der Waals surface area contributed by atoms with Crippen molar-refractivity contribution in [2.24, 2.45) is 5.84 Å². The van der Waals surface area contributed by atoms with Crippen molar-refractivity contribution in [1.29, 1.82) is 0 Å². The van der Waals surface area contributed by atoms with Crippen LogP contribution in [-0.2, 0) is 10.0 Å². The van der Waals surface area contributed by atoms with Crippen molar-refractivity contribution in [2.75, 3.05) is 24.8 Å². The largest absolute Gasteiger partial charge is 0.312 e. The number of nitrogen functional groups attached to an aromatic ring is 1. The smallest absolute Gasteiger partial charge is 0.226 e. The highest BCUT2D eigenvalue weighted by molar-refractivity contribution is 7.88. The maximum atomic E-state index is 11.6. The summed E-state index contributed by atoms with van der Waals surface area (Å²) in [6.07, 6.45) is 4.26. The Bertz CT molecular complexity index is 798. The van der Waals surface area contributed by atoms with Crippen LogP contribution in [0.3, 0.4) is 0 Å². The van der Waals surface area contributed by atoms with E-state index in [-0.39, 0.29) is 11.3 Å². The summed E-state index contributed by atoms with van der Waals surface area (Å²) in [5, 5.41) is 0.0794. The van der Waals surface area contributed by atoms with Crippen molar-refractivity contribution in [1.82, 2.24) is 23.8 Å². The molecule has 0 saturated carbocycles. The number of aromatic nitrogens is 4. The van der Waals surface area contributed by atoms with Crippen LogP contribution in [0.15, 0.2) is 6.33 Å². The first kappa shape index (κ1) is 15.4. The Hall–Kier alpha value is -1.49. The van der Waals surface area contributed by atoms with Crippen molar-refractivity contribution in [3.05, 3.63) is 11.6 Å². The van der Waals surface area contributed by atoms with Crippen molar-refractivity contribution < 1.29 is 8.42 Å². The van der Waals surface area contributed by atoms with E-state index in [9.17, 15) is 8.42 Å². The van der Waals surface area contributed by atoms with Crippen LogP contribution in [-0.4, -0.2) is 51.6 Å². The Balaban J connectivity index is 1.91. The maximum Gasteiger partial charge on any atom is 0.226 e. The van der Waals surface area contributed by atoms with E-state index in [2.05, 4.69) is 20.4 Å². The summed E-state index contributed by atoms with van der Waals surface area (Å²) >= 11 is 5.91. The average Bonchev–Trinajstić information content (AvgIpc) is 2.89. The second-order valence-corrected chi connectivity index (χ2v) is 7.52. The molecular weight excluding hydrogens is 330 g/mol. The molecule has 0 radical (unpaired) electrons. The predicted octanol–water partition coefficient (Wildman–Crippen LogP) is 0.362. The van der Waals surface area contributed by atoms with E-state index in [1.807, 2.05) is 4.57 Å². The number of halogens is 1. The number of anilines is 1. The molecule has 3 heterocycles. The molecule has 0 aliphatic carbocycles. The first-order valence-corrected chi connectivity index (χ1v) is 8.94. The number of sulfonamides is 1. The number of fused-ring (bicyclic) bond motifs is 1. The van der Waals surface area contributed by atoms with Gasteiger partial charge in [-0.1, -0.05) is 0 Å². The number of hydrazine groups is 1. The summed E-state index contributed by atoms with van der Waals surface area (Å²) in [5.74, 6) is 5.78. The molecule has 3 N–H and O–H groups in total. The number of nitrogens with zero attached hydrogens (tertiary/aromatic N) is 5. The highest BCUT2D eigenvalue weighted by atomic mass is 35.5. The zero-order valence-corrected chi connectivity index (χ0v) is 13.5. The van der Waals surface area contributed by atoms with Gasteiger partial charge in [-0.25, -0.2) is 23.5 Å². The van der Waals surface area contributed by atoms with Crippen molar-refractivity contribution in [3.8, 4) is 0 Å². The van der Waals surface area contributed by atoms with Gasteiger partial charge in [0.25, 0.3) is 0 Å². The fraction of sp³-hybridized carbons (Fsp3) is 0.545. The third kappa shape index (κ3) is 2.74. The highest BCUT2D eigenvalue weighted by Gasteiger charge is 2.27. The summed E-state index contributed by atoms with van der Waals surface area (Å²) in [5.41, 5.74) is 3.58. The van der Waals surface area contributed by atoms with Crippen molar-refractivity contribution >= 4 is 38.6 Å². The van der Waals surface area contributed by atoms with Crippen molar-refractivity contribution in [2.45, 2.75) is 18.9 Å². The molecule has 2 aromatic rings. The Labute approximate surface area is 132 Å². The monoisotopic (exact) mass is 345 g/mol. The second kappa shape index (κ2) is 5.61. The van der Waals surface area contributed by atoms with Crippen LogP contribution in [0.25, 0.3) is 11.2 Å². The molecule has 1 fully saturated rings. The molecule has 0 amide bonds. The van der Waals surface area contributed by atoms with Gasteiger partial charge in [0.1, 0.15) is 0 Å². The molecule has 0 unspecified atom stereocenters. The fourth-order valence-electron chi connectivity index (χ4n) is 2.71. The van der Waals surface area contributed by atoms with E-state index in [0.29, 0.717) is 42.9 Å². The minimum Gasteiger partial charge on any atom is -0.312 e. The molecule has 11 heteroatoms. The van der Waals surface area contributed by atoms with Gasteiger partial charge >= 0.3 is 0 Å². The highest BCUT2D eigenvalue weighted by Crippen LogP contribution is 2.29. The third-order valence-corrected chi connectivity index (χ3v) is 5.29. The Morgan fingerprint density at radius 1 is 1.36 bits per heavy atom. The lowest BCUT2D eigenvalue weighted by Gasteiger charge is -2.30. The molecule has 1 saturated heterocycles. The lowest BCUT2D eigenvalue weighted by Crippen LogP contribution is -2.38. The van der Waals surface area contributed by atoms with Crippen LogP contribution in [0.5, 0.6) is 0 Å². The zero-order chi connectivity index (χ0) is 15.9. The Morgan fingerprint density at radius 3 is 2.64 bits per heavy atom. The fourth-order valence-corrected chi connectivity index (χ4v) is 3.75. The van der Waals surface area contributed by atoms with Gasteiger partial charge in [0.15, 0.2) is 17.0 Å². The number of piperidine rings is 1. The molecule has 1 aliphatic heterocycles. The molecule has 120 valence electrons. The third-order valence-electron chi connectivity index (χ3n) is 3.82. The molecule has 0 spiro atoms. The van der Waals surface area contributed by atoms with Crippen LogP contribution in [0.2, 0.25) is 5.28 Å². The van der Waals surface area contributed by atoms with Gasteiger partial charge in [-0.05, 0) is 24.4 Å². The Kier molecular flexibility index (Phi) is 3.93. The topological polar surface area (TPSA) is 119 Å². The van der Waals surface area contributed by atoms with Gasteiger partial charge in [-0.2, -0.15) is 9.97 Å². The quantitative estimate of drug-likeness (QED) is 0.468. The van der Waals surface area contributed by atoms with Gasteiger partial charge in [0.05, 0.1) is 12.6 Å². The zero-order valence-electron chi connectivity index (χ0n) is 11.9. The summed E-state index contributed by atoms with van der Waals surface area (Å²) in [4.78, 5) is 12.5. The second-order valence-electron chi connectivity index (χ2n) is 5.20. The molecule has 0 bridgehead atoms. The molecule has 22 heavy (non-hydrogen) atoms. The molecular formula is C11H16ClN7O2S. The van der Waals surface area contributed by atoms with Gasteiger partial charge < -0.3 is 9.99 Å². The number of hydrogen-bond donors (Lipinski definition) is 2. The van der Waals surface area contributed by atoms with E-state index in [1.165, 1.54) is 10.6 Å². The number of nitrogens with one attached hydrogen (secondary N) is 1. The summed E-state index contributed by atoms with van der Waals surface area (Å²) in [6, 6.07) is 0.111. The maximum absolute atomic E-state index is 11.6. The normalized spacial score (nSPS) is 18.0. The van der Waals surface area contributed by atoms with E-state index in [0.717, 1.165) is 0 Å². The first-order valence-electron chi connectivity index (χ1n) is 6.72.